The molecule has 0 bridgehead atoms. The van der Waals surface area contributed by atoms with Gasteiger partial charge in [0.25, 0.3) is 0 Å². The van der Waals surface area contributed by atoms with Gasteiger partial charge in [-0.15, -0.1) is 0 Å². The van der Waals surface area contributed by atoms with Gasteiger partial charge >= 0.3 is 0 Å². The summed E-state index contributed by atoms with van der Waals surface area (Å²) in [5.74, 6) is -0.402. The second kappa shape index (κ2) is 5.95. The van der Waals surface area contributed by atoms with E-state index in [0.717, 1.165) is 5.56 Å². The van der Waals surface area contributed by atoms with Crippen LogP contribution < -0.4 is 0 Å². The van der Waals surface area contributed by atoms with E-state index >= 15 is 0 Å². The summed E-state index contributed by atoms with van der Waals surface area (Å²) in [6.07, 6.45) is 0. The first-order chi connectivity index (χ1) is 9.82. The molecule has 3 nitrogen and oxygen atoms in total. The fourth-order valence-corrected chi connectivity index (χ4v) is 3.56. The van der Waals surface area contributed by atoms with E-state index < -0.39 is 15.8 Å². The van der Waals surface area contributed by atoms with E-state index in [2.05, 4.69) is 0 Å². The minimum absolute atomic E-state index is 0.00237. The Morgan fingerprint density at radius 3 is 2.43 bits per heavy atom. The number of aryl methyl sites for hydroxylation is 2. The SMILES string of the molecule is Cc1ccc(C)c(S(=O)(=O)N(C)Cc2ccccc2F)c1. The smallest absolute Gasteiger partial charge is 0.207 e. The molecular weight excluding hydrogens is 289 g/mol. The van der Waals surface area contributed by atoms with E-state index in [0.29, 0.717) is 11.1 Å². The monoisotopic (exact) mass is 307 g/mol. The molecule has 0 aliphatic heterocycles. The summed E-state index contributed by atoms with van der Waals surface area (Å²) in [7, 11) is -2.18. The second-order valence-corrected chi connectivity index (χ2v) is 7.13. The van der Waals surface area contributed by atoms with Crippen LogP contribution in [0, 0.1) is 19.7 Å². The van der Waals surface area contributed by atoms with Gasteiger partial charge in [-0.2, -0.15) is 4.31 Å². The molecule has 0 saturated carbocycles. The Balaban J connectivity index is 2.35. The van der Waals surface area contributed by atoms with Crippen molar-refractivity contribution in [3.63, 3.8) is 0 Å². The van der Waals surface area contributed by atoms with E-state index in [4.69, 9.17) is 0 Å². The molecule has 2 rings (SSSR count). The van der Waals surface area contributed by atoms with Gasteiger partial charge in [0.05, 0.1) is 4.90 Å². The Hall–Kier alpha value is -1.72. The highest BCUT2D eigenvalue weighted by Crippen LogP contribution is 2.22. The molecule has 0 fully saturated rings. The average molecular weight is 307 g/mol. The highest BCUT2D eigenvalue weighted by molar-refractivity contribution is 7.89. The van der Waals surface area contributed by atoms with E-state index in [9.17, 15) is 12.8 Å². The van der Waals surface area contributed by atoms with Gasteiger partial charge in [0.2, 0.25) is 10.0 Å². The normalized spacial score (nSPS) is 11.9. The molecule has 0 N–H and O–H groups in total. The van der Waals surface area contributed by atoms with Gasteiger partial charge < -0.3 is 0 Å². The number of rotatable bonds is 4. The number of hydrogen-bond donors (Lipinski definition) is 0. The van der Waals surface area contributed by atoms with Crippen molar-refractivity contribution in [3.05, 3.63) is 65.0 Å². The van der Waals surface area contributed by atoms with Crippen molar-refractivity contribution >= 4 is 10.0 Å². The molecule has 0 aliphatic carbocycles. The van der Waals surface area contributed by atoms with Crippen LogP contribution in [0.1, 0.15) is 16.7 Å². The molecule has 5 heteroatoms. The fourth-order valence-electron chi connectivity index (χ4n) is 2.10. The lowest BCUT2D eigenvalue weighted by atomic mass is 10.2. The molecule has 0 radical (unpaired) electrons. The maximum Gasteiger partial charge on any atom is 0.243 e. The van der Waals surface area contributed by atoms with Crippen LogP contribution in [0.15, 0.2) is 47.4 Å². The van der Waals surface area contributed by atoms with Crippen molar-refractivity contribution in [2.75, 3.05) is 7.05 Å². The van der Waals surface area contributed by atoms with Gasteiger partial charge in [-0.25, -0.2) is 12.8 Å². The number of nitrogens with zero attached hydrogens (tertiary/aromatic N) is 1. The van der Waals surface area contributed by atoms with Crippen molar-refractivity contribution in [1.29, 1.82) is 0 Å². The molecule has 0 aromatic heterocycles. The van der Waals surface area contributed by atoms with Gasteiger partial charge in [0, 0.05) is 19.2 Å². The Kier molecular flexibility index (Phi) is 4.44. The third-order valence-corrected chi connectivity index (χ3v) is 5.33. The van der Waals surface area contributed by atoms with Gasteiger partial charge in [0.1, 0.15) is 5.82 Å². The Labute approximate surface area is 125 Å². The van der Waals surface area contributed by atoms with Crippen LogP contribution in [0.4, 0.5) is 4.39 Å². The highest BCUT2D eigenvalue weighted by atomic mass is 32.2. The number of hydrogen-bond acceptors (Lipinski definition) is 2. The average Bonchev–Trinajstić information content (AvgIpc) is 2.43. The minimum Gasteiger partial charge on any atom is -0.207 e. The molecule has 0 heterocycles. The predicted octanol–water partition coefficient (Wildman–Crippen LogP) is 3.26. The molecule has 0 aliphatic rings. The van der Waals surface area contributed by atoms with Crippen molar-refractivity contribution in [1.82, 2.24) is 4.31 Å². The topological polar surface area (TPSA) is 37.4 Å². The molecule has 0 atom stereocenters. The summed E-state index contributed by atoms with van der Waals surface area (Å²) in [6.45, 7) is 3.60. The van der Waals surface area contributed by atoms with E-state index in [1.807, 2.05) is 13.0 Å². The van der Waals surface area contributed by atoms with Gasteiger partial charge in [-0.05, 0) is 37.1 Å². The molecule has 21 heavy (non-hydrogen) atoms. The Morgan fingerprint density at radius 2 is 1.76 bits per heavy atom. The predicted molar refractivity (Wildman–Crippen MR) is 81.0 cm³/mol. The number of sulfonamides is 1. The molecule has 0 spiro atoms. The molecule has 0 amide bonds. The first-order valence-electron chi connectivity index (χ1n) is 6.59. The Bertz CT molecular complexity index is 757. The quantitative estimate of drug-likeness (QED) is 0.869. The van der Waals surface area contributed by atoms with Crippen molar-refractivity contribution < 1.29 is 12.8 Å². The summed E-state index contributed by atoms with van der Waals surface area (Å²) in [4.78, 5) is 0.265. The standard InChI is InChI=1S/C16H18FNO2S/c1-12-8-9-13(2)16(10-12)21(19,20)18(3)11-14-6-4-5-7-15(14)17/h4-10H,11H2,1-3H3. The molecule has 0 saturated heterocycles. The van der Waals surface area contributed by atoms with Gasteiger partial charge in [0.15, 0.2) is 0 Å². The minimum atomic E-state index is -3.64. The highest BCUT2D eigenvalue weighted by Gasteiger charge is 2.23. The summed E-state index contributed by atoms with van der Waals surface area (Å²) in [6, 6.07) is 11.5. The lowest BCUT2D eigenvalue weighted by Crippen LogP contribution is -2.27. The number of halogens is 1. The van der Waals surface area contributed by atoms with E-state index in [-0.39, 0.29) is 11.4 Å². The number of benzene rings is 2. The van der Waals surface area contributed by atoms with Crippen LogP contribution in [0.5, 0.6) is 0 Å². The van der Waals surface area contributed by atoms with Crippen LogP contribution in [0.2, 0.25) is 0 Å². The van der Waals surface area contributed by atoms with E-state index in [1.165, 1.54) is 17.4 Å². The van der Waals surface area contributed by atoms with E-state index in [1.54, 1.807) is 37.3 Å². The molecule has 2 aromatic carbocycles. The third-order valence-electron chi connectivity index (χ3n) is 3.38. The van der Waals surface area contributed by atoms with Crippen molar-refractivity contribution in [3.8, 4) is 0 Å². The van der Waals surface area contributed by atoms with Crippen LogP contribution in [-0.2, 0) is 16.6 Å². The first-order valence-corrected chi connectivity index (χ1v) is 8.03. The second-order valence-electron chi connectivity index (χ2n) is 5.12. The summed E-state index contributed by atoms with van der Waals surface area (Å²) < 4.78 is 40.1. The summed E-state index contributed by atoms with van der Waals surface area (Å²) in [5.41, 5.74) is 1.91. The lowest BCUT2D eigenvalue weighted by molar-refractivity contribution is 0.456. The van der Waals surface area contributed by atoms with Crippen LogP contribution in [0.25, 0.3) is 0 Å². The molecule has 0 unspecified atom stereocenters. The van der Waals surface area contributed by atoms with Crippen molar-refractivity contribution in [2.45, 2.75) is 25.3 Å². The maximum atomic E-state index is 13.7. The van der Waals surface area contributed by atoms with Crippen molar-refractivity contribution in [2.24, 2.45) is 0 Å². The summed E-state index contributed by atoms with van der Waals surface area (Å²) >= 11 is 0. The first kappa shape index (κ1) is 15.7. The van der Waals surface area contributed by atoms with Gasteiger partial charge in [-0.1, -0.05) is 30.3 Å². The third kappa shape index (κ3) is 3.31. The van der Waals surface area contributed by atoms with Crippen LogP contribution >= 0.6 is 0 Å². The van der Waals surface area contributed by atoms with Gasteiger partial charge in [-0.3, -0.25) is 0 Å². The lowest BCUT2D eigenvalue weighted by Gasteiger charge is -2.19. The zero-order valence-corrected chi connectivity index (χ0v) is 13.1. The Morgan fingerprint density at radius 1 is 1.10 bits per heavy atom. The maximum absolute atomic E-state index is 13.7. The molecule has 2 aromatic rings. The van der Waals surface area contributed by atoms with Crippen LogP contribution in [-0.4, -0.2) is 19.8 Å². The fraction of sp³-hybridized carbons (Fsp3) is 0.250. The van der Waals surface area contributed by atoms with Crippen LogP contribution in [0.3, 0.4) is 0 Å². The molecule has 112 valence electrons. The largest absolute Gasteiger partial charge is 0.243 e. The zero-order chi connectivity index (χ0) is 15.6. The summed E-state index contributed by atoms with van der Waals surface area (Å²) in [5, 5.41) is 0. The zero-order valence-electron chi connectivity index (χ0n) is 12.3. The molecular formula is C16H18FNO2S.